The van der Waals surface area contributed by atoms with Crippen molar-refractivity contribution < 1.29 is 4.42 Å². The highest BCUT2D eigenvalue weighted by atomic mass is 32.1. The maximum absolute atomic E-state index is 6.33. The Hall–Kier alpha value is -4.94. The number of benzene rings is 2. The van der Waals surface area contributed by atoms with E-state index in [-0.39, 0.29) is 0 Å². The van der Waals surface area contributed by atoms with Crippen LogP contribution in [0.25, 0.3) is 64.9 Å². The van der Waals surface area contributed by atoms with E-state index in [0.717, 1.165) is 72.0 Å². The van der Waals surface area contributed by atoms with Crippen molar-refractivity contribution in [2.45, 2.75) is 40.0 Å². The summed E-state index contributed by atoms with van der Waals surface area (Å²) in [5, 5.41) is 4.47. The molecule has 0 N–H and O–H groups in total. The van der Waals surface area contributed by atoms with Crippen molar-refractivity contribution in [2.24, 2.45) is 0 Å². The van der Waals surface area contributed by atoms with Crippen LogP contribution in [0.1, 0.15) is 42.2 Å². The third-order valence-electron chi connectivity index (χ3n) is 8.56. The van der Waals surface area contributed by atoms with Gasteiger partial charge >= 0.3 is 0 Å². The molecule has 6 heteroatoms. The van der Waals surface area contributed by atoms with Crippen LogP contribution < -0.4 is 0 Å². The number of aryl methyl sites for hydroxylation is 3. The molecule has 0 bridgehead atoms. The van der Waals surface area contributed by atoms with Crippen LogP contribution in [0.15, 0.2) is 95.4 Å². The lowest BCUT2D eigenvalue weighted by Gasteiger charge is -2.25. The Balaban J connectivity index is 1.24. The van der Waals surface area contributed by atoms with Crippen molar-refractivity contribution in [2.75, 3.05) is 0 Å². The Morgan fingerprint density at radius 3 is 2.14 bits per heavy atom. The van der Waals surface area contributed by atoms with Gasteiger partial charge in [0.05, 0.1) is 22.8 Å². The zero-order chi connectivity index (χ0) is 30.2. The minimum Gasteiger partial charge on any atom is -0.437 e. The van der Waals surface area contributed by atoms with Gasteiger partial charge in [0.15, 0.2) is 0 Å². The van der Waals surface area contributed by atoms with Crippen molar-refractivity contribution in [3.63, 3.8) is 0 Å². The van der Waals surface area contributed by atoms with Crippen molar-refractivity contribution in [3.05, 3.63) is 119 Å². The Bertz CT molecular complexity index is 2420. The third-order valence-corrected chi connectivity index (χ3v) is 9.71. The van der Waals surface area contributed by atoms with Gasteiger partial charge < -0.3 is 4.42 Å². The van der Waals surface area contributed by atoms with Crippen LogP contribution in [0, 0.1) is 20.8 Å². The molecule has 6 aromatic heterocycles. The van der Waals surface area contributed by atoms with Crippen LogP contribution in [-0.4, -0.2) is 19.9 Å². The zero-order valence-corrected chi connectivity index (χ0v) is 26.1. The highest BCUT2D eigenvalue weighted by molar-refractivity contribution is 7.26. The van der Waals surface area contributed by atoms with E-state index < -0.39 is 5.41 Å². The summed E-state index contributed by atoms with van der Waals surface area (Å²) in [6, 6.07) is 31.7. The first-order valence-corrected chi connectivity index (χ1v) is 15.6. The molecular weight excluding hydrogens is 561 g/mol. The van der Waals surface area contributed by atoms with Gasteiger partial charge in [-0.15, -0.1) is 11.3 Å². The quantitative estimate of drug-likeness (QED) is 0.204. The molecule has 0 spiro atoms. The molecule has 8 aromatic rings. The molecule has 0 aliphatic rings. The molecule has 44 heavy (non-hydrogen) atoms. The summed E-state index contributed by atoms with van der Waals surface area (Å²) in [4.78, 5) is 21.0. The number of rotatable bonds is 4. The Labute approximate surface area is 259 Å². The highest BCUT2D eigenvalue weighted by Crippen LogP contribution is 2.40. The maximum Gasteiger partial charge on any atom is 0.227 e. The number of aromatic nitrogens is 4. The average Bonchev–Trinajstić information content (AvgIpc) is 3.57. The van der Waals surface area contributed by atoms with Gasteiger partial charge in [-0.1, -0.05) is 36.4 Å². The van der Waals surface area contributed by atoms with Crippen LogP contribution >= 0.6 is 11.3 Å². The number of nitrogens with zero attached hydrogens (tertiary/aromatic N) is 4. The standard InChI is InChI=1S/C38H30N4OS/c1-21-19-31(28-11-6-9-24-26-17-15-22(2)39-36(26)43-34(24)28)42-33(20-21)38(4,5)32-14-8-13-30(41-32)29-12-7-10-25-27-18-16-23(3)40-37(27)44-35(25)29/h6-20H,1-5H3. The van der Waals surface area contributed by atoms with E-state index in [4.69, 9.17) is 19.4 Å². The fraction of sp³-hybridized carbons (Fsp3) is 0.158. The molecule has 2 aromatic carbocycles. The largest absolute Gasteiger partial charge is 0.437 e. The van der Waals surface area contributed by atoms with Crippen LogP contribution in [0.4, 0.5) is 0 Å². The van der Waals surface area contributed by atoms with E-state index in [2.05, 4.69) is 111 Å². The van der Waals surface area contributed by atoms with Crippen LogP contribution in [0.3, 0.4) is 0 Å². The number of para-hydroxylation sites is 1. The number of hydrogen-bond donors (Lipinski definition) is 0. The smallest absolute Gasteiger partial charge is 0.227 e. The molecule has 0 amide bonds. The van der Waals surface area contributed by atoms with Crippen molar-refractivity contribution in [3.8, 4) is 22.5 Å². The van der Waals surface area contributed by atoms with Gasteiger partial charge in [-0.05, 0) is 94.8 Å². The summed E-state index contributed by atoms with van der Waals surface area (Å²) in [5.41, 5.74) is 9.94. The first-order valence-electron chi connectivity index (χ1n) is 14.8. The highest BCUT2D eigenvalue weighted by Gasteiger charge is 2.28. The first kappa shape index (κ1) is 26.7. The fourth-order valence-electron chi connectivity index (χ4n) is 6.14. The van der Waals surface area contributed by atoms with Crippen LogP contribution in [0.2, 0.25) is 0 Å². The molecule has 0 aliphatic carbocycles. The molecule has 0 atom stereocenters. The molecule has 0 fully saturated rings. The van der Waals surface area contributed by atoms with Gasteiger partial charge in [0.2, 0.25) is 5.71 Å². The number of furan rings is 1. The lowest BCUT2D eigenvalue weighted by Crippen LogP contribution is -2.22. The fourth-order valence-corrected chi connectivity index (χ4v) is 7.38. The minimum absolute atomic E-state index is 0.454. The lowest BCUT2D eigenvalue weighted by atomic mass is 9.83. The molecule has 0 radical (unpaired) electrons. The second-order valence-electron chi connectivity index (χ2n) is 12.1. The van der Waals surface area contributed by atoms with Crippen molar-refractivity contribution in [1.82, 2.24) is 19.9 Å². The molecule has 0 unspecified atom stereocenters. The van der Waals surface area contributed by atoms with Crippen molar-refractivity contribution >= 4 is 53.7 Å². The average molecular weight is 591 g/mol. The van der Waals surface area contributed by atoms with E-state index in [9.17, 15) is 0 Å². The number of thiophene rings is 1. The maximum atomic E-state index is 6.33. The number of pyridine rings is 4. The summed E-state index contributed by atoms with van der Waals surface area (Å²) in [5.74, 6) is 0. The normalized spacial score (nSPS) is 12.2. The van der Waals surface area contributed by atoms with Gasteiger partial charge in [-0.25, -0.2) is 9.97 Å². The van der Waals surface area contributed by atoms with Gasteiger partial charge in [0.25, 0.3) is 0 Å². The summed E-state index contributed by atoms with van der Waals surface area (Å²) in [6.07, 6.45) is 0. The van der Waals surface area contributed by atoms with E-state index >= 15 is 0 Å². The Morgan fingerprint density at radius 2 is 1.30 bits per heavy atom. The van der Waals surface area contributed by atoms with Crippen LogP contribution in [0.5, 0.6) is 0 Å². The summed E-state index contributed by atoms with van der Waals surface area (Å²) < 4.78 is 7.54. The molecule has 0 saturated carbocycles. The van der Waals surface area contributed by atoms with Gasteiger partial charge in [-0.2, -0.15) is 0 Å². The second kappa shape index (κ2) is 9.79. The summed E-state index contributed by atoms with van der Waals surface area (Å²) in [6.45, 7) is 10.5. The number of hydrogen-bond acceptors (Lipinski definition) is 6. The monoisotopic (exact) mass is 590 g/mol. The SMILES string of the molecule is Cc1cc(-c2cccc3c2oc2nc(C)ccc23)nc(C(C)(C)c2cccc(-c3cccc4c3sc3nc(C)ccc34)n2)c1. The topological polar surface area (TPSA) is 64.7 Å². The summed E-state index contributed by atoms with van der Waals surface area (Å²) in [7, 11) is 0. The third kappa shape index (κ3) is 4.20. The molecule has 0 aliphatic heterocycles. The molecule has 8 rings (SSSR count). The van der Waals surface area contributed by atoms with Crippen molar-refractivity contribution in [1.29, 1.82) is 0 Å². The number of fused-ring (bicyclic) bond motifs is 6. The predicted molar refractivity (Wildman–Crippen MR) is 181 cm³/mol. The molecule has 214 valence electrons. The Kier molecular flexibility index (Phi) is 5.94. The van der Waals surface area contributed by atoms with Gasteiger partial charge in [0, 0.05) is 54.2 Å². The second-order valence-corrected chi connectivity index (χ2v) is 13.1. The minimum atomic E-state index is -0.454. The van der Waals surface area contributed by atoms with E-state index in [0.29, 0.717) is 5.71 Å². The molecular formula is C38H30N4OS. The first-order chi connectivity index (χ1) is 21.3. The van der Waals surface area contributed by atoms with Crippen LogP contribution in [-0.2, 0) is 5.41 Å². The zero-order valence-electron chi connectivity index (χ0n) is 25.3. The molecule has 5 nitrogen and oxygen atoms in total. The van der Waals surface area contributed by atoms with E-state index in [1.54, 1.807) is 11.3 Å². The van der Waals surface area contributed by atoms with E-state index in [1.165, 1.54) is 15.5 Å². The van der Waals surface area contributed by atoms with Gasteiger partial charge in [0.1, 0.15) is 10.4 Å². The molecule has 0 saturated heterocycles. The van der Waals surface area contributed by atoms with Gasteiger partial charge in [-0.3, -0.25) is 9.97 Å². The Morgan fingerprint density at radius 1 is 0.591 bits per heavy atom. The summed E-state index contributed by atoms with van der Waals surface area (Å²) >= 11 is 1.73. The van der Waals surface area contributed by atoms with E-state index in [1.807, 2.05) is 19.9 Å². The molecule has 6 heterocycles. The predicted octanol–water partition coefficient (Wildman–Crippen LogP) is 10.1. The lowest BCUT2D eigenvalue weighted by molar-refractivity contribution is 0.596.